The van der Waals surface area contributed by atoms with E-state index in [-0.39, 0.29) is 0 Å². The van der Waals surface area contributed by atoms with Crippen LogP contribution in [0.5, 0.6) is 5.75 Å². The summed E-state index contributed by atoms with van der Waals surface area (Å²) in [6.45, 7) is 6.27. The second kappa shape index (κ2) is 9.42. The van der Waals surface area contributed by atoms with E-state index in [0.29, 0.717) is 12.5 Å². The summed E-state index contributed by atoms with van der Waals surface area (Å²) >= 11 is 0. The molecular weight excluding hydrogens is 336 g/mol. The van der Waals surface area contributed by atoms with Gasteiger partial charge >= 0.3 is 0 Å². The van der Waals surface area contributed by atoms with E-state index in [0.717, 1.165) is 23.9 Å². The first-order valence-corrected chi connectivity index (χ1v) is 9.64. The van der Waals surface area contributed by atoms with Crippen LogP contribution in [0.3, 0.4) is 0 Å². The molecule has 2 aromatic rings. The van der Waals surface area contributed by atoms with E-state index in [1.807, 2.05) is 24.3 Å². The predicted molar refractivity (Wildman–Crippen MR) is 112 cm³/mol. The Morgan fingerprint density at radius 1 is 1.19 bits per heavy atom. The van der Waals surface area contributed by atoms with Crippen molar-refractivity contribution in [2.45, 2.75) is 32.9 Å². The normalized spacial score (nSPS) is 18.3. The monoisotopic (exact) mass is 366 g/mol. The molecule has 144 valence electrons. The molecule has 0 bridgehead atoms. The number of benzene rings is 2. The fourth-order valence-corrected chi connectivity index (χ4v) is 3.57. The number of likely N-dealkylation sites (tertiary alicyclic amines) is 1. The Bertz CT molecular complexity index is 757. The van der Waals surface area contributed by atoms with Crippen LogP contribution in [0.2, 0.25) is 0 Å². The van der Waals surface area contributed by atoms with Gasteiger partial charge in [-0.25, -0.2) is 4.99 Å². The molecule has 1 saturated heterocycles. The summed E-state index contributed by atoms with van der Waals surface area (Å²) in [5.41, 5.74) is 9.54. The fourth-order valence-electron chi connectivity index (χ4n) is 3.57. The van der Waals surface area contributed by atoms with Crippen molar-refractivity contribution < 1.29 is 4.74 Å². The molecule has 3 N–H and O–H groups in total. The molecule has 1 unspecified atom stereocenters. The zero-order chi connectivity index (χ0) is 19.1. The Kier molecular flexibility index (Phi) is 6.71. The number of hydrogen-bond acceptors (Lipinski definition) is 3. The van der Waals surface area contributed by atoms with Gasteiger partial charge in [0.15, 0.2) is 5.96 Å². The lowest BCUT2D eigenvalue weighted by Crippen LogP contribution is -2.34. The van der Waals surface area contributed by atoms with Gasteiger partial charge in [-0.1, -0.05) is 31.2 Å². The second-order valence-corrected chi connectivity index (χ2v) is 7.31. The van der Waals surface area contributed by atoms with Crippen molar-refractivity contribution in [1.82, 2.24) is 4.90 Å². The number of nitrogens with two attached hydrogens (primary N) is 1. The maximum absolute atomic E-state index is 6.07. The number of rotatable bonds is 6. The minimum atomic E-state index is 0.418. The molecule has 1 heterocycles. The smallest absolute Gasteiger partial charge is 0.193 e. The average Bonchev–Trinajstić information content (AvgIpc) is 2.68. The highest BCUT2D eigenvalue weighted by Gasteiger charge is 2.17. The molecule has 1 aliphatic rings. The number of nitrogens with zero attached hydrogens (tertiary/aromatic N) is 2. The third-order valence-electron chi connectivity index (χ3n) is 5.04. The van der Waals surface area contributed by atoms with Crippen molar-refractivity contribution in [2.75, 3.05) is 25.5 Å². The van der Waals surface area contributed by atoms with E-state index >= 15 is 0 Å². The molecule has 1 fully saturated rings. The molecule has 1 aliphatic heterocycles. The molecule has 1 atom stereocenters. The van der Waals surface area contributed by atoms with Crippen LogP contribution in [0.25, 0.3) is 0 Å². The maximum atomic E-state index is 6.07. The maximum Gasteiger partial charge on any atom is 0.193 e. The second-order valence-electron chi connectivity index (χ2n) is 7.31. The number of anilines is 1. The van der Waals surface area contributed by atoms with E-state index in [4.69, 9.17) is 10.5 Å². The molecule has 5 nitrogen and oxygen atoms in total. The van der Waals surface area contributed by atoms with E-state index in [9.17, 15) is 0 Å². The highest BCUT2D eigenvalue weighted by molar-refractivity contribution is 5.92. The zero-order valence-corrected chi connectivity index (χ0v) is 16.3. The minimum absolute atomic E-state index is 0.418. The van der Waals surface area contributed by atoms with Crippen LogP contribution in [0.1, 0.15) is 30.9 Å². The molecule has 0 aromatic heterocycles. The molecule has 0 aliphatic carbocycles. The van der Waals surface area contributed by atoms with Gasteiger partial charge in [0.1, 0.15) is 5.75 Å². The minimum Gasteiger partial charge on any atom is -0.497 e. The summed E-state index contributed by atoms with van der Waals surface area (Å²) in [5.74, 6) is 2.02. The number of hydrogen-bond donors (Lipinski definition) is 2. The Morgan fingerprint density at radius 3 is 2.63 bits per heavy atom. The lowest BCUT2D eigenvalue weighted by atomic mass is 9.99. The molecule has 27 heavy (non-hydrogen) atoms. The molecular formula is C22H30N4O. The standard InChI is InChI=1S/C22H30N4O/c1-17-6-5-13-26(15-17)16-19-8-4-3-7-18(19)14-24-22(23)25-20-9-11-21(27-2)12-10-20/h3-4,7-12,17H,5-6,13-16H2,1-2H3,(H3,23,24,25). The third-order valence-corrected chi connectivity index (χ3v) is 5.04. The zero-order valence-electron chi connectivity index (χ0n) is 16.3. The van der Waals surface area contributed by atoms with Crippen LogP contribution in [-0.2, 0) is 13.1 Å². The van der Waals surface area contributed by atoms with Crippen LogP contribution in [0, 0.1) is 5.92 Å². The van der Waals surface area contributed by atoms with Crippen LogP contribution in [-0.4, -0.2) is 31.1 Å². The van der Waals surface area contributed by atoms with Crippen molar-refractivity contribution in [3.05, 3.63) is 59.7 Å². The van der Waals surface area contributed by atoms with Crippen LogP contribution >= 0.6 is 0 Å². The summed E-state index contributed by atoms with van der Waals surface area (Å²) in [7, 11) is 1.65. The first-order chi connectivity index (χ1) is 13.1. The summed E-state index contributed by atoms with van der Waals surface area (Å²) in [4.78, 5) is 7.09. The van der Waals surface area contributed by atoms with Crippen molar-refractivity contribution in [3.63, 3.8) is 0 Å². The van der Waals surface area contributed by atoms with Gasteiger partial charge in [0.05, 0.1) is 13.7 Å². The summed E-state index contributed by atoms with van der Waals surface area (Å²) in [6.07, 6.45) is 2.64. The molecule has 3 rings (SSSR count). The number of aliphatic imine (C=N–C) groups is 1. The van der Waals surface area contributed by atoms with Gasteiger partial charge in [0, 0.05) is 18.8 Å². The molecule has 0 saturated carbocycles. The van der Waals surface area contributed by atoms with Gasteiger partial charge in [-0.15, -0.1) is 0 Å². The fraction of sp³-hybridized carbons (Fsp3) is 0.409. The first-order valence-electron chi connectivity index (χ1n) is 9.64. The highest BCUT2D eigenvalue weighted by atomic mass is 16.5. The van der Waals surface area contributed by atoms with Crippen molar-refractivity contribution >= 4 is 11.6 Å². The van der Waals surface area contributed by atoms with E-state index < -0.39 is 0 Å². The van der Waals surface area contributed by atoms with E-state index in [2.05, 4.69) is 46.4 Å². The average molecular weight is 367 g/mol. The van der Waals surface area contributed by atoms with Gasteiger partial charge in [-0.3, -0.25) is 4.90 Å². The van der Waals surface area contributed by atoms with Gasteiger partial charge in [-0.2, -0.15) is 0 Å². The topological polar surface area (TPSA) is 62.9 Å². The van der Waals surface area contributed by atoms with E-state index in [1.165, 1.54) is 37.1 Å². The lowest BCUT2D eigenvalue weighted by molar-refractivity contribution is 0.176. The van der Waals surface area contributed by atoms with Crippen molar-refractivity contribution in [3.8, 4) is 5.75 Å². The van der Waals surface area contributed by atoms with Crippen LogP contribution in [0.15, 0.2) is 53.5 Å². The quantitative estimate of drug-likeness (QED) is 0.602. The SMILES string of the molecule is COc1ccc(NC(N)=NCc2ccccc2CN2CCCC(C)C2)cc1. The number of guanidine groups is 1. The molecule has 2 aromatic carbocycles. The highest BCUT2D eigenvalue weighted by Crippen LogP contribution is 2.20. The van der Waals surface area contributed by atoms with Crippen LogP contribution < -0.4 is 15.8 Å². The molecule has 0 radical (unpaired) electrons. The predicted octanol–water partition coefficient (Wildman–Crippen LogP) is 3.85. The Hall–Kier alpha value is -2.53. The van der Waals surface area contributed by atoms with E-state index in [1.54, 1.807) is 7.11 Å². The number of ether oxygens (including phenoxy) is 1. The number of piperidine rings is 1. The number of methoxy groups -OCH3 is 1. The van der Waals surface area contributed by atoms with Gasteiger partial charge in [0.2, 0.25) is 0 Å². The molecule has 5 heteroatoms. The number of nitrogens with one attached hydrogen (secondary N) is 1. The summed E-state index contributed by atoms with van der Waals surface area (Å²) in [5, 5.41) is 3.13. The molecule has 0 amide bonds. The van der Waals surface area contributed by atoms with Gasteiger partial charge in [-0.05, 0) is 60.7 Å². The summed E-state index contributed by atoms with van der Waals surface area (Å²) < 4.78 is 5.17. The molecule has 0 spiro atoms. The third kappa shape index (κ3) is 5.73. The Balaban J connectivity index is 1.61. The summed E-state index contributed by atoms with van der Waals surface area (Å²) in [6, 6.07) is 16.2. The lowest BCUT2D eigenvalue weighted by Gasteiger charge is -2.31. The van der Waals surface area contributed by atoms with Crippen LogP contribution in [0.4, 0.5) is 5.69 Å². The first kappa shape index (κ1) is 19.2. The van der Waals surface area contributed by atoms with Crippen molar-refractivity contribution in [2.24, 2.45) is 16.6 Å². The van der Waals surface area contributed by atoms with Crippen molar-refractivity contribution in [1.29, 1.82) is 0 Å². The Labute approximate surface area is 162 Å². The Morgan fingerprint density at radius 2 is 1.93 bits per heavy atom. The van der Waals surface area contributed by atoms with Gasteiger partial charge in [0.25, 0.3) is 0 Å². The van der Waals surface area contributed by atoms with Gasteiger partial charge < -0.3 is 15.8 Å². The largest absolute Gasteiger partial charge is 0.497 e.